The third kappa shape index (κ3) is 3.06. The van der Waals surface area contributed by atoms with Gasteiger partial charge in [0, 0.05) is 5.15 Å². The Kier molecular flexibility index (Phi) is 4.11. The maximum absolute atomic E-state index is 11.8. The van der Waals surface area contributed by atoms with Crippen LogP contribution in [-0.4, -0.2) is 4.98 Å². The van der Waals surface area contributed by atoms with E-state index in [-0.39, 0.29) is 24.0 Å². The van der Waals surface area contributed by atoms with Crippen LogP contribution >= 0.6 is 11.6 Å². The van der Waals surface area contributed by atoms with Gasteiger partial charge in [0.15, 0.2) is 0 Å². The van der Waals surface area contributed by atoms with Crippen LogP contribution in [0.4, 0.5) is 13.2 Å². The maximum Gasteiger partial charge on any atom is 1.00 e. The molecule has 12 heavy (non-hydrogen) atoms. The summed E-state index contributed by atoms with van der Waals surface area (Å²) in [6, 6.07) is 2.93. The molecule has 0 fully saturated rings. The summed E-state index contributed by atoms with van der Waals surface area (Å²) >= 11 is 5.25. The molecular formula is C6H2ClF3LiN. The molecule has 0 aliphatic carbocycles. The Hall–Kier alpha value is -0.173. The van der Waals surface area contributed by atoms with Crippen molar-refractivity contribution in [3.05, 3.63) is 29.0 Å². The van der Waals surface area contributed by atoms with Gasteiger partial charge in [0.2, 0.25) is 0 Å². The first-order chi connectivity index (χ1) is 5.00. The second-order valence-electron chi connectivity index (χ2n) is 1.78. The SMILES string of the molecule is FC(F)(F)c1[c-]cc(Cl)nc1.[Li+]. The normalized spacial score (nSPS) is 10.7. The van der Waals surface area contributed by atoms with E-state index in [1.165, 1.54) is 0 Å². The van der Waals surface area contributed by atoms with Crippen LogP contribution < -0.4 is 18.9 Å². The van der Waals surface area contributed by atoms with Crippen molar-refractivity contribution >= 4 is 11.6 Å². The summed E-state index contributed by atoms with van der Waals surface area (Å²) in [5.41, 5.74) is -0.915. The number of pyridine rings is 1. The van der Waals surface area contributed by atoms with Gasteiger partial charge in [-0.1, -0.05) is 6.20 Å². The fourth-order valence-corrected chi connectivity index (χ4v) is 0.596. The van der Waals surface area contributed by atoms with Crippen LogP contribution in [0.1, 0.15) is 5.56 Å². The van der Waals surface area contributed by atoms with Gasteiger partial charge in [-0.3, -0.25) is 0 Å². The Bertz CT molecular complexity index is 246. The molecule has 0 bridgehead atoms. The summed E-state index contributed by atoms with van der Waals surface area (Å²) in [5.74, 6) is 0. The molecule has 0 saturated carbocycles. The van der Waals surface area contributed by atoms with E-state index in [0.717, 1.165) is 6.07 Å². The third-order valence-corrected chi connectivity index (χ3v) is 1.18. The van der Waals surface area contributed by atoms with Gasteiger partial charge < -0.3 is 4.98 Å². The van der Waals surface area contributed by atoms with E-state index in [1.807, 2.05) is 6.07 Å². The maximum atomic E-state index is 11.8. The zero-order valence-electron chi connectivity index (χ0n) is 6.11. The summed E-state index contributed by atoms with van der Waals surface area (Å²) in [6.45, 7) is 0. The van der Waals surface area contributed by atoms with Crippen molar-refractivity contribution < 1.29 is 32.0 Å². The van der Waals surface area contributed by atoms with Crippen LogP contribution in [0, 0.1) is 6.07 Å². The molecule has 60 valence electrons. The Morgan fingerprint density at radius 2 is 2.00 bits per heavy atom. The van der Waals surface area contributed by atoms with Crippen LogP contribution in [0.5, 0.6) is 0 Å². The Morgan fingerprint density at radius 1 is 1.42 bits per heavy atom. The molecular weight excluding hydrogens is 185 g/mol. The second kappa shape index (κ2) is 4.17. The fraction of sp³-hybridized carbons (Fsp3) is 0.167. The minimum Gasteiger partial charge on any atom is -0.372 e. The zero-order valence-corrected chi connectivity index (χ0v) is 6.87. The number of halogens is 4. The first-order valence-electron chi connectivity index (χ1n) is 2.60. The first-order valence-corrected chi connectivity index (χ1v) is 2.98. The van der Waals surface area contributed by atoms with Gasteiger partial charge in [-0.25, -0.2) is 0 Å². The van der Waals surface area contributed by atoms with Crippen molar-refractivity contribution in [1.29, 1.82) is 0 Å². The molecule has 0 spiro atoms. The van der Waals surface area contributed by atoms with Gasteiger partial charge in [-0.15, -0.1) is 17.7 Å². The van der Waals surface area contributed by atoms with E-state index in [9.17, 15) is 13.2 Å². The molecule has 0 aliphatic heterocycles. The topological polar surface area (TPSA) is 12.9 Å². The quantitative estimate of drug-likeness (QED) is 0.305. The summed E-state index contributed by atoms with van der Waals surface area (Å²) in [5, 5.41) is -0.00185. The van der Waals surface area contributed by atoms with Crippen molar-refractivity contribution in [3.63, 3.8) is 0 Å². The summed E-state index contributed by atoms with van der Waals surface area (Å²) < 4.78 is 35.4. The molecule has 6 heteroatoms. The smallest absolute Gasteiger partial charge is 0.372 e. The van der Waals surface area contributed by atoms with Crippen molar-refractivity contribution in [2.45, 2.75) is 6.18 Å². The van der Waals surface area contributed by atoms with Gasteiger partial charge >= 0.3 is 25.0 Å². The third-order valence-electron chi connectivity index (χ3n) is 0.969. The van der Waals surface area contributed by atoms with Gasteiger partial charge in [-0.05, 0) is 5.56 Å². The van der Waals surface area contributed by atoms with Crippen molar-refractivity contribution in [2.24, 2.45) is 0 Å². The molecule has 0 aliphatic rings. The number of aromatic nitrogens is 1. The van der Waals surface area contributed by atoms with Crippen LogP contribution in [0.15, 0.2) is 12.3 Å². The van der Waals surface area contributed by atoms with Gasteiger partial charge in [0.25, 0.3) is 0 Å². The second-order valence-corrected chi connectivity index (χ2v) is 2.17. The number of hydrogen-bond acceptors (Lipinski definition) is 1. The molecule has 0 atom stereocenters. The number of hydrogen-bond donors (Lipinski definition) is 0. The van der Waals surface area contributed by atoms with Gasteiger partial charge in [0.1, 0.15) is 0 Å². The van der Waals surface area contributed by atoms with Gasteiger partial charge in [0.05, 0.1) is 0 Å². The van der Waals surface area contributed by atoms with E-state index in [4.69, 9.17) is 11.6 Å². The summed E-state index contributed by atoms with van der Waals surface area (Å²) in [6.07, 6.45) is -3.75. The van der Waals surface area contributed by atoms with Crippen LogP contribution in [0.3, 0.4) is 0 Å². The average Bonchev–Trinajstić information content (AvgIpc) is 1.86. The number of nitrogens with zero attached hydrogens (tertiary/aromatic N) is 1. The number of alkyl halides is 3. The Morgan fingerprint density at radius 3 is 2.33 bits per heavy atom. The zero-order chi connectivity index (χ0) is 8.48. The molecule has 0 N–H and O–H groups in total. The molecule has 1 nitrogen and oxygen atoms in total. The van der Waals surface area contributed by atoms with Crippen LogP contribution in [-0.2, 0) is 6.18 Å². The summed E-state index contributed by atoms with van der Waals surface area (Å²) in [7, 11) is 0. The van der Waals surface area contributed by atoms with Gasteiger partial charge in [-0.2, -0.15) is 19.2 Å². The monoisotopic (exact) mass is 187 g/mol. The molecule has 1 aromatic rings. The fourth-order valence-electron chi connectivity index (χ4n) is 0.493. The van der Waals surface area contributed by atoms with E-state index in [2.05, 4.69) is 4.98 Å². The van der Waals surface area contributed by atoms with E-state index in [0.29, 0.717) is 6.20 Å². The molecule has 0 amide bonds. The Labute approximate surface area is 84.1 Å². The largest absolute Gasteiger partial charge is 1.00 e. The minimum absolute atomic E-state index is 0. The summed E-state index contributed by atoms with van der Waals surface area (Å²) in [4.78, 5) is 3.26. The van der Waals surface area contributed by atoms with Crippen molar-refractivity contribution in [2.75, 3.05) is 0 Å². The molecule has 1 heterocycles. The predicted octanol–water partition coefficient (Wildman–Crippen LogP) is -0.442. The number of rotatable bonds is 0. The standard InChI is InChI=1S/C6H2ClF3N.Li/c7-5-2-1-4(3-11-5)6(8,9)10;/h2-3H;/q-1;+1. The Balaban J connectivity index is 0.00000121. The van der Waals surface area contributed by atoms with E-state index < -0.39 is 11.7 Å². The van der Waals surface area contributed by atoms with Crippen LogP contribution in [0.2, 0.25) is 5.15 Å². The minimum atomic E-state index is -4.39. The molecule has 0 saturated heterocycles. The first kappa shape index (κ1) is 11.8. The molecule has 0 unspecified atom stereocenters. The van der Waals surface area contributed by atoms with Crippen molar-refractivity contribution in [3.8, 4) is 0 Å². The molecule has 0 radical (unpaired) electrons. The molecule has 1 aromatic heterocycles. The van der Waals surface area contributed by atoms with Crippen LogP contribution in [0.25, 0.3) is 0 Å². The average molecular weight is 187 g/mol. The molecule has 0 aromatic carbocycles. The van der Waals surface area contributed by atoms with E-state index in [1.54, 1.807) is 0 Å². The van der Waals surface area contributed by atoms with E-state index >= 15 is 0 Å². The van der Waals surface area contributed by atoms with Crippen molar-refractivity contribution in [1.82, 2.24) is 4.98 Å². The predicted molar refractivity (Wildman–Crippen MR) is 33.1 cm³/mol. The molecule has 1 rings (SSSR count).